The lowest BCUT2D eigenvalue weighted by molar-refractivity contribution is -0.105. The standard InChI is InChI=1S/C18H15F8N3S/c1-9-6-10(19)11(7-12(9)30-8-18(24,25)26)28-2-4-29(5-3-28)15-13(20)16(22)27-17(23)14(15)21/h6-7H,2-5,8H2,1H3. The maximum absolute atomic E-state index is 14.4. The molecule has 0 saturated carbocycles. The molecule has 0 bridgehead atoms. The van der Waals surface area contributed by atoms with Crippen molar-refractivity contribution in [2.24, 2.45) is 0 Å². The van der Waals surface area contributed by atoms with Crippen LogP contribution in [-0.2, 0) is 0 Å². The number of aryl methyl sites for hydroxylation is 1. The van der Waals surface area contributed by atoms with E-state index in [-0.39, 0.29) is 36.8 Å². The molecule has 0 aliphatic carbocycles. The van der Waals surface area contributed by atoms with Gasteiger partial charge in [0.05, 0.1) is 11.4 Å². The first-order chi connectivity index (χ1) is 14.0. The molecule has 1 aromatic heterocycles. The molecule has 3 nitrogen and oxygen atoms in total. The van der Waals surface area contributed by atoms with E-state index >= 15 is 0 Å². The van der Waals surface area contributed by atoms with Gasteiger partial charge >= 0.3 is 6.18 Å². The first-order valence-electron chi connectivity index (χ1n) is 8.67. The van der Waals surface area contributed by atoms with Crippen molar-refractivity contribution < 1.29 is 35.1 Å². The Bertz CT molecular complexity index is 916. The number of nitrogens with zero attached hydrogens (tertiary/aromatic N) is 3. The topological polar surface area (TPSA) is 19.4 Å². The highest BCUT2D eigenvalue weighted by atomic mass is 32.2. The van der Waals surface area contributed by atoms with Crippen molar-refractivity contribution in [1.29, 1.82) is 0 Å². The number of thioether (sulfide) groups is 1. The quantitative estimate of drug-likeness (QED) is 0.363. The summed E-state index contributed by atoms with van der Waals surface area (Å²) < 4.78 is 107. The number of anilines is 2. The predicted octanol–water partition coefficient (Wildman–Crippen LogP) is 5.07. The third-order valence-corrected chi connectivity index (χ3v) is 5.77. The van der Waals surface area contributed by atoms with Gasteiger partial charge in [-0.25, -0.2) is 4.39 Å². The van der Waals surface area contributed by atoms with Crippen LogP contribution >= 0.6 is 11.8 Å². The fourth-order valence-electron chi connectivity index (χ4n) is 3.12. The van der Waals surface area contributed by atoms with Gasteiger partial charge in [0.1, 0.15) is 11.5 Å². The zero-order chi connectivity index (χ0) is 22.2. The molecule has 3 rings (SSSR count). The van der Waals surface area contributed by atoms with Crippen LogP contribution < -0.4 is 9.80 Å². The van der Waals surface area contributed by atoms with Crippen molar-refractivity contribution in [2.75, 3.05) is 41.7 Å². The molecule has 1 saturated heterocycles. The molecule has 0 atom stereocenters. The van der Waals surface area contributed by atoms with Gasteiger partial charge in [0.25, 0.3) is 11.9 Å². The SMILES string of the molecule is Cc1cc(F)c(N2CCN(c3c(F)c(F)nc(F)c3F)CC2)cc1SCC(F)(F)F. The molecule has 2 heterocycles. The number of aromatic nitrogens is 1. The predicted molar refractivity (Wildman–Crippen MR) is 96.4 cm³/mol. The Labute approximate surface area is 170 Å². The number of hydrogen-bond acceptors (Lipinski definition) is 4. The van der Waals surface area contributed by atoms with Crippen molar-refractivity contribution in [2.45, 2.75) is 18.0 Å². The van der Waals surface area contributed by atoms with E-state index in [2.05, 4.69) is 4.98 Å². The van der Waals surface area contributed by atoms with Crippen LogP contribution in [0.4, 0.5) is 46.5 Å². The maximum atomic E-state index is 14.4. The van der Waals surface area contributed by atoms with E-state index in [1.807, 2.05) is 0 Å². The summed E-state index contributed by atoms with van der Waals surface area (Å²) in [5.74, 6) is -8.60. The summed E-state index contributed by atoms with van der Waals surface area (Å²) >= 11 is 0.527. The lowest BCUT2D eigenvalue weighted by Crippen LogP contribution is -2.47. The van der Waals surface area contributed by atoms with E-state index in [9.17, 15) is 35.1 Å². The van der Waals surface area contributed by atoms with E-state index in [1.54, 1.807) is 0 Å². The molecule has 1 aromatic carbocycles. The zero-order valence-corrected chi connectivity index (χ0v) is 16.3. The van der Waals surface area contributed by atoms with Gasteiger partial charge in [-0.2, -0.15) is 35.7 Å². The minimum absolute atomic E-state index is 0.0216. The Morgan fingerprint density at radius 1 is 0.900 bits per heavy atom. The Hall–Kier alpha value is -2.24. The van der Waals surface area contributed by atoms with E-state index < -0.39 is 47.0 Å². The number of rotatable bonds is 4. The molecule has 2 aromatic rings. The molecule has 0 unspecified atom stereocenters. The van der Waals surface area contributed by atoms with Crippen LogP contribution in [-0.4, -0.2) is 43.1 Å². The first kappa shape index (κ1) is 22.4. The van der Waals surface area contributed by atoms with Gasteiger partial charge in [-0.1, -0.05) is 0 Å². The number of piperazine rings is 1. The smallest absolute Gasteiger partial charge is 0.366 e. The number of hydrogen-bond donors (Lipinski definition) is 0. The molecule has 164 valence electrons. The molecular weight excluding hydrogens is 442 g/mol. The van der Waals surface area contributed by atoms with Gasteiger partial charge in [-0.3, -0.25) is 0 Å². The van der Waals surface area contributed by atoms with Gasteiger partial charge in [0.15, 0.2) is 0 Å². The van der Waals surface area contributed by atoms with Crippen molar-refractivity contribution in [3.63, 3.8) is 0 Å². The highest BCUT2D eigenvalue weighted by molar-refractivity contribution is 7.99. The van der Waals surface area contributed by atoms with Crippen LogP contribution in [0.25, 0.3) is 0 Å². The highest BCUT2D eigenvalue weighted by Gasteiger charge is 2.30. The largest absolute Gasteiger partial charge is 0.398 e. The molecule has 1 aliphatic heterocycles. The Morgan fingerprint density at radius 3 is 1.97 bits per heavy atom. The maximum Gasteiger partial charge on any atom is 0.398 e. The lowest BCUT2D eigenvalue weighted by Gasteiger charge is -2.37. The molecule has 1 aliphatic rings. The molecule has 30 heavy (non-hydrogen) atoms. The second-order valence-electron chi connectivity index (χ2n) is 6.62. The van der Waals surface area contributed by atoms with Gasteiger partial charge in [-0.15, -0.1) is 11.8 Å². The summed E-state index contributed by atoms with van der Waals surface area (Å²) in [7, 11) is 0. The molecule has 0 radical (unpaired) electrons. The number of pyridine rings is 1. The second-order valence-corrected chi connectivity index (χ2v) is 7.63. The summed E-state index contributed by atoms with van der Waals surface area (Å²) in [4.78, 5) is 5.32. The third kappa shape index (κ3) is 4.73. The van der Waals surface area contributed by atoms with Crippen LogP contribution in [0.5, 0.6) is 0 Å². The van der Waals surface area contributed by atoms with Gasteiger partial charge in [-0.05, 0) is 24.6 Å². The average molecular weight is 457 g/mol. The fourth-order valence-corrected chi connectivity index (χ4v) is 3.92. The molecule has 12 heteroatoms. The summed E-state index contributed by atoms with van der Waals surface area (Å²) in [6.07, 6.45) is -4.39. The second kappa shape index (κ2) is 8.48. The molecule has 0 amide bonds. The lowest BCUT2D eigenvalue weighted by atomic mass is 10.1. The van der Waals surface area contributed by atoms with E-state index in [1.165, 1.54) is 17.9 Å². The minimum atomic E-state index is -4.39. The fraction of sp³-hybridized carbons (Fsp3) is 0.389. The van der Waals surface area contributed by atoms with Crippen molar-refractivity contribution in [1.82, 2.24) is 4.98 Å². The molecule has 1 fully saturated rings. The molecule has 0 N–H and O–H groups in total. The Balaban J connectivity index is 1.79. The van der Waals surface area contributed by atoms with Crippen molar-refractivity contribution >= 4 is 23.1 Å². The number of alkyl halides is 3. The summed E-state index contributed by atoms with van der Waals surface area (Å²) in [6, 6.07) is 2.41. The Morgan fingerprint density at radius 2 is 1.43 bits per heavy atom. The highest BCUT2D eigenvalue weighted by Crippen LogP contribution is 2.35. The van der Waals surface area contributed by atoms with Crippen molar-refractivity contribution in [3.8, 4) is 0 Å². The van der Waals surface area contributed by atoms with Crippen molar-refractivity contribution in [3.05, 3.63) is 47.0 Å². The van der Waals surface area contributed by atoms with Crippen LogP contribution in [0.15, 0.2) is 17.0 Å². The van der Waals surface area contributed by atoms with E-state index in [0.717, 1.165) is 11.0 Å². The van der Waals surface area contributed by atoms with Gasteiger partial charge in [0.2, 0.25) is 11.6 Å². The number of benzene rings is 1. The molecular formula is C18H15F8N3S. The normalized spacial score (nSPS) is 15.1. The first-order valence-corrected chi connectivity index (χ1v) is 9.66. The van der Waals surface area contributed by atoms with Crippen LogP contribution in [0.2, 0.25) is 0 Å². The minimum Gasteiger partial charge on any atom is -0.366 e. The third-order valence-electron chi connectivity index (χ3n) is 4.55. The van der Waals surface area contributed by atoms with Crippen LogP contribution in [0, 0.1) is 36.3 Å². The van der Waals surface area contributed by atoms with Gasteiger partial charge < -0.3 is 9.80 Å². The van der Waals surface area contributed by atoms with Gasteiger partial charge in [0, 0.05) is 31.1 Å². The average Bonchev–Trinajstić information content (AvgIpc) is 2.66. The summed E-state index contributed by atoms with van der Waals surface area (Å²) in [5, 5.41) is 0. The summed E-state index contributed by atoms with van der Waals surface area (Å²) in [6.45, 7) is 1.33. The van der Waals surface area contributed by atoms with E-state index in [0.29, 0.717) is 17.3 Å². The molecule has 0 spiro atoms. The number of halogens is 8. The van der Waals surface area contributed by atoms with Crippen LogP contribution in [0.3, 0.4) is 0 Å². The van der Waals surface area contributed by atoms with Crippen LogP contribution in [0.1, 0.15) is 5.56 Å². The monoisotopic (exact) mass is 457 g/mol. The Kier molecular flexibility index (Phi) is 6.34. The van der Waals surface area contributed by atoms with E-state index in [4.69, 9.17) is 0 Å². The summed E-state index contributed by atoms with van der Waals surface area (Å²) in [5.41, 5.74) is -0.514. The zero-order valence-electron chi connectivity index (χ0n) is 15.5.